The van der Waals surface area contributed by atoms with Gasteiger partial charge in [0, 0.05) is 16.9 Å². The second-order valence-corrected chi connectivity index (χ2v) is 6.39. The van der Waals surface area contributed by atoms with Gasteiger partial charge in [-0.3, -0.25) is 4.79 Å². The van der Waals surface area contributed by atoms with Gasteiger partial charge < -0.3 is 5.11 Å². The van der Waals surface area contributed by atoms with Crippen molar-refractivity contribution in [3.05, 3.63) is 0 Å². The maximum atomic E-state index is 11.8. The molecule has 1 saturated heterocycles. The Hall–Kier alpha value is 0.330. The molecular formula is C11H20O2S2. The molecule has 0 saturated carbocycles. The smallest absolute Gasteiger partial charge is 0.137 e. The highest BCUT2D eigenvalue weighted by atomic mass is 32.2. The minimum absolute atomic E-state index is 0.190. The van der Waals surface area contributed by atoms with Gasteiger partial charge in [-0.1, -0.05) is 0 Å². The molecule has 4 heteroatoms. The Balaban J connectivity index is 2.75. The molecule has 88 valence electrons. The fraction of sp³-hybridized carbons (Fsp3) is 0.909. The molecule has 2 nitrogen and oxygen atoms in total. The highest BCUT2D eigenvalue weighted by Crippen LogP contribution is 2.41. The number of rotatable bonds is 4. The van der Waals surface area contributed by atoms with Crippen LogP contribution >= 0.6 is 23.5 Å². The molecule has 0 aromatic heterocycles. The third kappa shape index (κ3) is 3.14. The number of ketones is 1. The van der Waals surface area contributed by atoms with Crippen molar-refractivity contribution in [2.24, 2.45) is 11.3 Å². The van der Waals surface area contributed by atoms with Gasteiger partial charge in [0.05, 0.1) is 6.10 Å². The summed E-state index contributed by atoms with van der Waals surface area (Å²) in [4.78, 5) is 11.8. The summed E-state index contributed by atoms with van der Waals surface area (Å²) in [6.45, 7) is 3.53. The molecule has 0 aromatic carbocycles. The van der Waals surface area contributed by atoms with Crippen molar-refractivity contribution < 1.29 is 9.90 Å². The number of carbonyl (C=O) groups is 1. The summed E-state index contributed by atoms with van der Waals surface area (Å²) in [7, 11) is 0. The molecule has 0 radical (unpaired) electrons. The van der Waals surface area contributed by atoms with Gasteiger partial charge >= 0.3 is 0 Å². The van der Waals surface area contributed by atoms with Gasteiger partial charge in [0.25, 0.3) is 0 Å². The van der Waals surface area contributed by atoms with Crippen molar-refractivity contribution >= 4 is 29.3 Å². The molecular weight excluding hydrogens is 228 g/mol. The molecule has 3 unspecified atom stereocenters. The normalized spacial score (nSPS) is 33.7. The number of thioether (sulfide) groups is 2. The number of aliphatic hydroxyl groups excluding tert-OH is 1. The lowest BCUT2D eigenvalue weighted by Gasteiger charge is -2.39. The summed E-state index contributed by atoms with van der Waals surface area (Å²) in [5.74, 6) is 3.36. The summed E-state index contributed by atoms with van der Waals surface area (Å²) in [6, 6.07) is 0. The van der Waals surface area contributed by atoms with Crippen LogP contribution in [0, 0.1) is 11.3 Å². The summed E-state index contributed by atoms with van der Waals surface area (Å²) in [5.41, 5.74) is -0.190. The van der Waals surface area contributed by atoms with Crippen molar-refractivity contribution in [3.8, 4) is 0 Å². The molecule has 1 fully saturated rings. The maximum absolute atomic E-state index is 11.8. The van der Waals surface area contributed by atoms with Crippen LogP contribution in [0.15, 0.2) is 0 Å². The zero-order chi connectivity index (χ0) is 11.5. The number of hydrogen-bond acceptors (Lipinski definition) is 4. The van der Waals surface area contributed by atoms with E-state index in [9.17, 15) is 9.90 Å². The third-order valence-corrected chi connectivity index (χ3v) is 5.47. The molecule has 0 bridgehead atoms. The lowest BCUT2D eigenvalue weighted by atomic mass is 9.78. The Morgan fingerprint density at radius 3 is 2.87 bits per heavy atom. The first-order chi connectivity index (χ1) is 7.02. The third-order valence-electron chi connectivity index (χ3n) is 3.21. The minimum Gasteiger partial charge on any atom is -0.393 e. The zero-order valence-electron chi connectivity index (χ0n) is 9.66. The number of carbonyl (C=O) groups excluding carboxylic acids is 1. The number of Topliss-reactive ketones (excluding diaryl/α,β-unsaturated/α-hetero) is 1. The first-order valence-corrected chi connectivity index (χ1v) is 7.82. The summed E-state index contributed by atoms with van der Waals surface area (Å²) < 4.78 is 0. The van der Waals surface area contributed by atoms with Crippen LogP contribution in [-0.4, -0.2) is 40.5 Å². The van der Waals surface area contributed by atoms with E-state index in [1.807, 2.05) is 24.9 Å². The van der Waals surface area contributed by atoms with Crippen molar-refractivity contribution in [3.63, 3.8) is 0 Å². The van der Waals surface area contributed by atoms with Gasteiger partial charge in [-0.05, 0) is 38.2 Å². The fourth-order valence-corrected chi connectivity index (χ4v) is 4.79. The Kier molecular flexibility index (Phi) is 5.00. The van der Waals surface area contributed by atoms with Gasteiger partial charge in [-0.25, -0.2) is 0 Å². The standard InChI is InChI=1S/C11H20O2S2/c1-8(12)10-4-11(6-14-3,9(2)13)7-15-5-10/h8,10,12H,4-7H2,1-3H3. The van der Waals surface area contributed by atoms with Crippen molar-refractivity contribution in [1.82, 2.24) is 0 Å². The molecule has 15 heavy (non-hydrogen) atoms. The van der Waals surface area contributed by atoms with Crippen LogP contribution in [0.4, 0.5) is 0 Å². The summed E-state index contributed by atoms with van der Waals surface area (Å²) >= 11 is 3.55. The molecule has 0 aromatic rings. The van der Waals surface area contributed by atoms with Crippen LogP contribution in [-0.2, 0) is 4.79 Å². The predicted octanol–water partition coefficient (Wildman–Crippen LogP) is 2.06. The van der Waals surface area contributed by atoms with Gasteiger partial charge in [-0.15, -0.1) is 0 Å². The zero-order valence-corrected chi connectivity index (χ0v) is 11.3. The van der Waals surface area contributed by atoms with Crippen LogP contribution in [0.1, 0.15) is 20.3 Å². The number of aliphatic hydroxyl groups is 1. The van der Waals surface area contributed by atoms with Crippen LogP contribution in [0.5, 0.6) is 0 Å². The van der Waals surface area contributed by atoms with E-state index in [1.54, 1.807) is 18.7 Å². The quantitative estimate of drug-likeness (QED) is 0.826. The summed E-state index contributed by atoms with van der Waals surface area (Å²) in [6.07, 6.45) is 2.60. The van der Waals surface area contributed by atoms with E-state index in [4.69, 9.17) is 0 Å². The average Bonchev–Trinajstić information content (AvgIpc) is 2.18. The van der Waals surface area contributed by atoms with E-state index >= 15 is 0 Å². The van der Waals surface area contributed by atoms with Crippen LogP contribution < -0.4 is 0 Å². The van der Waals surface area contributed by atoms with Crippen molar-refractivity contribution in [2.75, 3.05) is 23.5 Å². The lowest BCUT2D eigenvalue weighted by Crippen LogP contribution is -2.43. The molecule has 1 N–H and O–H groups in total. The lowest BCUT2D eigenvalue weighted by molar-refractivity contribution is -0.125. The van der Waals surface area contributed by atoms with E-state index in [-0.39, 0.29) is 23.2 Å². The first kappa shape index (κ1) is 13.4. The van der Waals surface area contributed by atoms with Gasteiger partial charge in [-0.2, -0.15) is 23.5 Å². The molecule has 1 aliphatic rings. The molecule has 1 heterocycles. The maximum Gasteiger partial charge on any atom is 0.137 e. The highest BCUT2D eigenvalue weighted by Gasteiger charge is 2.41. The molecule has 3 atom stereocenters. The molecule has 0 spiro atoms. The topological polar surface area (TPSA) is 37.3 Å². The van der Waals surface area contributed by atoms with Crippen LogP contribution in [0.3, 0.4) is 0 Å². The molecule has 1 aliphatic heterocycles. The van der Waals surface area contributed by atoms with E-state index in [0.717, 1.165) is 23.7 Å². The van der Waals surface area contributed by atoms with E-state index in [0.29, 0.717) is 0 Å². The predicted molar refractivity (Wildman–Crippen MR) is 68.6 cm³/mol. The van der Waals surface area contributed by atoms with Crippen LogP contribution in [0.2, 0.25) is 0 Å². The average molecular weight is 248 g/mol. The Bertz CT molecular complexity index is 227. The van der Waals surface area contributed by atoms with Gasteiger partial charge in [0.2, 0.25) is 0 Å². The Morgan fingerprint density at radius 1 is 1.73 bits per heavy atom. The fourth-order valence-electron chi connectivity index (χ4n) is 2.06. The molecule has 1 rings (SSSR count). The second kappa shape index (κ2) is 5.60. The van der Waals surface area contributed by atoms with Gasteiger partial charge in [0.15, 0.2) is 0 Å². The number of hydrogen-bond donors (Lipinski definition) is 1. The van der Waals surface area contributed by atoms with Gasteiger partial charge in [0.1, 0.15) is 5.78 Å². The van der Waals surface area contributed by atoms with Crippen LogP contribution in [0.25, 0.3) is 0 Å². The summed E-state index contributed by atoms with van der Waals surface area (Å²) in [5, 5.41) is 9.63. The highest BCUT2D eigenvalue weighted by molar-refractivity contribution is 8.00. The van der Waals surface area contributed by atoms with E-state index in [2.05, 4.69) is 0 Å². The van der Waals surface area contributed by atoms with E-state index in [1.165, 1.54) is 0 Å². The molecule has 0 aliphatic carbocycles. The Morgan fingerprint density at radius 2 is 2.40 bits per heavy atom. The van der Waals surface area contributed by atoms with Crippen molar-refractivity contribution in [1.29, 1.82) is 0 Å². The molecule has 0 amide bonds. The largest absolute Gasteiger partial charge is 0.393 e. The van der Waals surface area contributed by atoms with Crippen molar-refractivity contribution in [2.45, 2.75) is 26.4 Å². The Labute approximate surface area is 101 Å². The first-order valence-electron chi connectivity index (χ1n) is 5.27. The second-order valence-electron chi connectivity index (χ2n) is 4.49. The monoisotopic (exact) mass is 248 g/mol. The minimum atomic E-state index is -0.293. The van der Waals surface area contributed by atoms with E-state index < -0.39 is 0 Å². The SMILES string of the molecule is CSCC1(C(C)=O)CSCC(C(C)O)C1.